The maximum absolute atomic E-state index is 11.7. The molecule has 0 spiro atoms. The Labute approximate surface area is 108 Å². The molecule has 0 heterocycles. The summed E-state index contributed by atoms with van der Waals surface area (Å²) in [5.74, 6) is -0.826. The lowest BCUT2D eigenvalue weighted by Crippen LogP contribution is -2.34. The lowest BCUT2D eigenvalue weighted by molar-refractivity contribution is -0.153. The van der Waals surface area contributed by atoms with Gasteiger partial charge in [-0.15, -0.1) is 0 Å². The van der Waals surface area contributed by atoms with E-state index in [1.807, 2.05) is 0 Å². The number of carbonyl (C=O) groups excluding carboxylic acids is 2. The van der Waals surface area contributed by atoms with Crippen molar-refractivity contribution >= 4 is 17.6 Å². The molecule has 0 saturated carbocycles. The van der Waals surface area contributed by atoms with E-state index in [2.05, 4.69) is 5.32 Å². The van der Waals surface area contributed by atoms with Crippen LogP contribution in [0.2, 0.25) is 0 Å². The summed E-state index contributed by atoms with van der Waals surface area (Å²) in [6, 6.07) is 6.54. The number of nitrogen functional groups attached to an aromatic ring is 1. The number of nitrogens with two attached hydrogens (primary N) is 1. The highest BCUT2D eigenvalue weighted by Crippen LogP contribution is 2.07. The normalized spacial score (nSPS) is 10.8. The molecule has 0 fully saturated rings. The van der Waals surface area contributed by atoms with Gasteiger partial charge in [0.1, 0.15) is 12.1 Å². The third-order valence-electron chi connectivity index (χ3n) is 1.96. The molecule has 0 bridgehead atoms. The minimum absolute atomic E-state index is 0. The molecule has 1 aromatic rings. The number of rotatable bonds is 3. The first-order valence-electron chi connectivity index (χ1n) is 5.63. The summed E-state index contributed by atoms with van der Waals surface area (Å²) in [7, 11) is 0. The van der Waals surface area contributed by atoms with E-state index in [0.29, 0.717) is 11.3 Å². The quantitative estimate of drug-likeness (QED) is 0.632. The predicted octanol–water partition coefficient (Wildman–Crippen LogP) is 1.59. The van der Waals surface area contributed by atoms with Gasteiger partial charge in [-0.3, -0.25) is 9.59 Å². The van der Waals surface area contributed by atoms with E-state index in [4.69, 9.17) is 10.5 Å². The maximum Gasteiger partial charge on any atom is 0.325 e. The van der Waals surface area contributed by atoms with Crippen molar-refractivity contribution in [1.82, 2.24) is 5.32 Å². The van der Waals surface area contributed by atoms with Crippen LogP contribution in [0.4, 0.5) is 5.69 Å². The number of hydrogen-bond acceptors (Lipinski definition) is 4. The third-order valence-corrected chi connectivity index (χ3v) is 1.96. The molecule has 100 valence electrons. The lowest BCUT2D eigenvalue weighted by atomic mass is 10.2. The standard InChI is InChI=1S/C13H18N2O3.H2/c1-13(2,3)18-11(16)8-15-12(17)9-5-4-6-10(14)7-9;/h4-7H,8,14H2,1-3H3,(H,15,17);1H. The van der Waals surface area contributed by atoms with E-state index >= 15 is 0 Å². The van der Waals surface area contributed by atoms with E-state index in [-0.39, 0.29) is 13.9 Å². The fourth-order valence-electron chi connectivity index (χ4n) is 1.31. The molecule has 5 heteroatoms. The average Bonchev–Trinajstić information content (AvgIpc) is 2.23. The number of benzene rings is 1. The van der Waals surface area contributed by atoms with Crippen molar-refractivity contribution in [2.45, 2.75) is 26.4 Å². The largest absolute Gasteiger partial charge is 0.459 e. The van der Waals surface area contributed by atoms with Crippen molar-refractivity contribution in [2.24, 2.45) is 0 Å². The number of carbonyl (C=O) groups is 2. The summed E-state index contributed by atoms with van der Waals surface area (Å²) in [6.45, 7) is 5.14. The van der Waals surface area contributed by atoms with Crippen LogP contribution in [0.3, 0.4) is 0 Å². The molecule has 0 aliphatic rings. The summed E-state index contributed by atoms with van der Waals surface area (Å²) in [4.78, 5) is 23.1. The highest BCUT2D eigenvalue weighted by atomic mass is 16.6. The Bertz CT molecular complexity index is 455. The van der Waals surface area contributed by atoms with Crippen LogP contribution < -0.4 is 11.1 Å². The summed E-state index contributed by atoms with van der Waals surface area (Å²) < 4.78 is 5.07. The van der Waals surface area contributed by atoms with Gasteiger partial charge in [-0.1, -0.05) is 6.07 Å². The van der Waals surface area contributed by atoms with Crippen molar-refractivity contribution in [3.05, 3.63) is 29.8 Å². The van der Waals surface area contributed by atoms with Crippen molar-refractivity contribution in [3.8, 4) is 0 Å². The molecule has 0 aliphatic heterocycles. The molecule has 1 amide bonds. The van der Waals surface area contributed by atoms with Gasteiger partial charge in [-0.25, -0.2) is 0 Å². The van der Waals surface area contributed by atoms with E-state index in [1.165, 1.54) is 0 Å². The fraction of sp³-hybridized carbons (Fsp3) is 0.385. The smallest absolute Gasteiger partial charge is 0.325 e. The Morgan fingerprint density at radius 2 is 2.06 bits per heavy atom. The highest BCUT2D eigenvalue weighted by molar-refractivity contribution is 5.96. The van der Waals surface area contributed by atoms with E-state index in [9.17, 15) is 9.59 Å². The monoisotopic (exact) mass is 252 g/mol. The minimum atomic E-state index is -0.557. The number of amides is 1. The van der Waals surface area contributed by atoms with Crippen LogP contribution in [-0.2, 0) is 9.53 Å². The van der Waals surface area contributed by atoms with E-state index < -0.39 is 11.6 Å². The zero-order valence-corrected chi connectivity index (χ0v) is 10.8. The van der Waals surface area contributed by atoms with Gasteiger partial charge >= 0.3 is 5.97 Å². The molecule has 5 nitrogen and oxygen atoms in total. The van der Waals surface area contributed by atoms with Gasteiger partial charge in [-0.2, -0.15) is 0 Å². The lowest BCUT2D eigenvalue weighted by Gasteiger charge is -2.19. The number of esters is 1. The van der Waals surface area contributed by atoms with Crippen LogP contribution in [0.1, 0.15) is 32.6 Å². The van der Waals surface area contributed by atoms with Crippen LogP contribution in [0.25, 0.3) is 0 Å². The first-order valence-corrected chi connectivity index (χ1v) is 5.63. The van der Waals surface area contributed by atoms with Crippen LogP contribution >= 0.6 is 0 Å². The highest BCUT2D eigenvalue weighted by Gasteiger charge is 2.16. The molecule has 0 saturated heterocycles. The Morgan fingerprint density at radius 3 is 2.61 bits per heavy atom. The molecule has 0 aliphatic carbocycles. The Kier molecular flexibility index (Phi) is 4.31. The first-order chi connectivity index (χ1) is 8.28. The topological polar surface area (TPSA) is 81.4 Å². The van der Waals surface area contributed by atoms with Gasteiger partial charge in [0, 0.05) is 12.7 Å². The number of anilines is 1. The molecule has 1 rings (SSSR count). The number of ether oxygens (including phenoxy) is 1. The molecular weight excluding hydrogens is 232 g/mol. The average molecular weight is 252 g/mol. The molecular formula is C13H20N2O3. The van der Waals surface area contributed by atoms with Crippen molar-refractivity contribution < 1.29 is 15.8 Å². The summed E-state index contributed by atoms with van der Waals surface area (Å²) in [5.41, 5.74) is 5.92. The molecule has 0 unspecified atom stereocenters. The Hall–Kier alpha value is -2.04. The van der Waals surface area contributed by atoms with Gasteiger partial charge in [0.15, 0.2) is 0 Å². The number of hydrogen-bond donors (Lipinski definition) is 2. The van der Waals surface area contributed by atoms with E-state index in [0.717, 1.165) is 0 Å². The summed E-state index contributed by atoms with van der Waals surface area (Å²) >= 11 is 0. The molecule has 0 radical (unpaired) electrons. The third kappa shape index (κ3) is 4.86. The predicted molar refractivity (Wildman–Crippen MR) is 71.1 cm³/mol. The second kappa shape index (κ2) is 5.53. The number of nitrogens with one attached hydrogen (secondary N) is 1. The Balaban J connectivity index is 0.00000324. The molecule has 18 heavy (non-hydrogen) atoms. The molecule has 1 aromatic carbocycles. The van der Waals surface area contributed by atoms with Crippen LogP contribution in [-0.4, -0.2) is 24.0 Å². The molecule has 3 N–H and O–H groups in total. The zero-order valence-electron chi connectivity index (χ0n) is 10.8. The Morgan fingerprint density at radius 1 is 1.39 bits per heavy atom. The van der Waals surface area contributed by atoms with Gasteiger partial charge in [-0.05, 0) is 39.0 Å². The van der Waals surface area contributed by atoms with Gasteiger partial charge in [0.05, 0.1) is 0 Å². The first kappa shape index (κ1) is 14.0. The second-order valence-electron chi connectivity index (χ2n) is 4.89. The van der Waals surface area contributed by atoms with Gasteiger partial charge in [0.2, 0.25) is 0 Å². The molecule has 0 atom stereocenters. The SMILES string of the molecule is CC(C)(C)OC(=O)CNC(=O)c1cccc(N)c1.[HH]. The molecule has 0 aromatic heterocycles. The van der Waals surface area contributed by atoms with Crippen molar-refractivity contribution in [1.29, 1.82) is 0 Å². The second-order valence-corrected chi connectivity index (χ2v) is 4.89. The zero-order chi connectivity index (χ0) is 13.8. The van der Waals surface area contributed by atoms with Crippen LogP contribution in [0, 0.1) is 0 Å². The van der Waals surface area contributed by atoms with Crippen molar-refractivity contribution in [2.75, 3.05) is 12.3 Å². The van der Waals surface area contributed by atoms with E-state index in [1.54, 1.807) is 45.0 Å². The summed E-state index contributed by atoms with van der Waals surface area (Å²) in [5, 5.41) is 2.48. The van der Waals surface area contributed by atoms with Crippen molar-refractivity contribution in [3.63, 3.8) is 0 Å². The maximum atomic E-state index is 11.7. The van der Waals surface area contributed by atoms with Gasteiger partial charge < -0.3 is 15.8 Å². The minimum Gasteiger partial charge on any atom is -0.459 e. The van der Waals surface area contributed by atoms with Crippen LogP contribution in [0.15, 0.2) is 24.3 Å². The fourth-order valence-corrected chi connectivity index (χ4v) is 1.31. The van der Waals surface area contributed by atoms with Gasteiger partial charge in [0.25, 0.3) is 5.91 Å². The summed E-state index contributed by atoms with van der Waals surface area (Å²) in [6.07, 6.45) is 0. The van der Waals surface area contributed by atoms with Crippen LogP contribution in [0.5, 0.6) is 0 Å².